The first-order valence-corrected chi connectivity index (χ1v) is 11.9. The molecule has 0 atom stereocenters. The largest absolute Gasteiger partial charge is 0.494 e. The van der Waals surface area contributed by atoms with Crippen LogP contribution in [0.2, 0.25) is 0 Å². The number of aromatic amines is 1. The summed E-state index contributed by atoms with van der Waals surface area (Å²) in [4.78, 5) is 34.3. The van der Waals surface area contributed by atoms with Crippen molar-refractivity contribution in [2.75, 3.05) is 65.5 Å². The number of thiazole rings is 1. The normalized spacial score (nSPS) is 17.0. The van der Waals surface area contributed by atoms with Crippen molar-refractivity contribution < 1.29 is 19.1 Å². The van der Waals surface area contributed by atoms with E-state index in [1.165, 1.54) is 4.90 Å². The van der Waals surface area contributed by atoms with E-state index in [9.17, 15) is 4.79 Å². The predicted octanol–water partition coefficient (Wildman–Crippen LogP) is 2.55. The van der Waals surface area contributed by atoms with Gasteiger partial charge >= 0.3 is 6.09 Å². The van der Waals surface area contributed by atoms with Gasteiger partial charge in [-0.15, -0.1) is 16.4 Å². The molecule has 1 saturated heterocycles. The van der Waals surface area contributed by atoms with Gasteiger partial charge in [0.1, 0.15) is 11.3 Å². The van der Waals surface area contributed by atoms with Crippen LogP contribution in [0.25, 0.3) is 21.0 Å². The maximum atomic E-state index is 11.9. The molecule has 0 radical (unpaired) electrons. The average Bonchev–Trinajstić information content (AvgIpc) is 3.40. The van der Waals surface area contributed by atoms with Gasteiger partial charge in [0.25, 0.3) is 0 Å². The van der Waals surface area contributed by atoms with Gasteiger partial charge in [-0.1, -0.05) is 0 Å². The lowest BCUT2D eigenvalue weighted by atomic mass is 10.2. The van der Waals surface area contributed by atoms with Crippen LogP contribution in [-0.2, 0) is 22.4 Å². The fraction of sp³-hybridized carbons (Fsp3) is 0.500. The van der Waals surface area contributed by atoms with Crippen LogP contribution < -0.4 is 9.64 Å². The van der Waals surface area contributed by atoms with Crippen molar-refractivity contribution in [3.05, 3.63) is 23.5 Å². The predicted molar refractivity (Wildman–Crippen MR) is 126 cm³/mol. The number of methoxy groups -OCH3 is 1. The number of H-pyrrole nitrogens is 1. The minimum absolute atomic E-state index is 0.367. The Kier molecular flexibility index (Phi) is 6.09. The van der Waals surface area contributed by atoms with E-state index in [1.807, 2.05) is 6.07 Å². The van der Waals surface area contributed by atoms with Gasteiger partial charge in [0.2, 0.25) is 0 Å². The number of fused-ring (bicyclic) bond motifs is 2. The molecule has 1 amide bonds. The fourth-order valence-electron chi connectivity index (χ4n) is 4.11. The highest BCUT2D eigenvalue weighted by molar-refractivity contribution is 7.22. The first kappa shape index (κ1) is 21.9. The summed E-state index contributed by atoms with van der Waals surface area (Å²) >= 11 is 1.63. The second-order valence-corrected chi connectivity index (χ2v) is 9.27. The smallest absolute Gasteiger partial charge is 0.428 e. The standard InChI is InChI=1S/C22H28N6O4S/c1-26(2)22(29)32-28-8-6-14-15(7-9-28)24-20(23-14)21-25-18-17(30-3)5-4-16(19(18)33-21)27-10-12-31-13-11-27/h4-5H,6-13H2,1-3H3,(H,23,24). The van der Waals surface area contributed by atoms with E-state index in [2.05, 4.69) is 16.0 Å². The molecule has 1 fully saturated rings. The van der Waals surface area contributed by atoms with Crippen molar-refractivity contribution in [2.24, 2.45) is 0 Å². The lowest BCUT2D eigenvalue weighted by molar-refractivity contribution is -0.106. The van der Waals surface area contributed by atoms with E-state index in [0.29, 0.717) is 19.5 Å². The molecule has 0 aliphatic carbocycles. The third-order valence-electron chi connectivity index (χ3n) is 5.91. The highest BCUT2D eigenvalue weighted by Crippen LogP contribution is 2.40. The third kappa shape index (κ3) is 4.35. The second kappa shape index (κ2) is 9.16. The van der Waals surface area contributed by atoms with Crippen molar-refractivity contribution in [3.63, 3.8) is 0 Å². The zero-order chi connectivity index (χ0) is 22.9. The summed E-state index contributed by atoms with van der Waals surface area (Å²) in [5.41, 5.74) is 4.07. The number of nitrogens with zero attached hydrogens (tertiary/aromatic N) is 5. The number of anilines is 1. The minimum atomic E-state index is -0.367. The van der Waals surface area contributed by atoms with E-state index in [0.717, 1.165) is 76.6 Å². The van der Waals surface area contributed by atoms with E-state index in [4.69, 9.17) is 24.3 Å². The van der Waals surface area contributed by atoms with Gasteiger partial charge in [0, 0.05) is 58.8 Å². The molecule has 33 heavy (non-hydrogen) atoms. The van der Waals surface area contributed by atoms with Crippen molar-refractivity contribution in [3.8, 4) is 16.6 Å². The van der Waals surface area contributed by atoms with Gasteiger partial charge in [0.05, 0.1) is 36.4 Å². The molecule has 1 N–H and O–H groups in total. The summed E-state index contributed by atoms with van der Waals surface area (Å²) < 4.78 is 12.2. The van der Waals surface area contributed by atoms with Gasteiger partial charge < -0.3 is 29.1 Å². The minimum Gasteiger partial charge on any atom is -0.494 e. The number of ether oxygens (including phenoxy) is 2. The number of hydroxylamine groups is 2. The van der Waals surface area contributed by atoms with Gasteiger partial charge in [-0.2, -0.15) is 0 Å². The summed E-state index contributed by atoms with van der Waals surface area (Å²) in [6, 6.07) is 4.09. The molecule has 5 rings (SSSR count). The zero-order valence-electron chi connectivity index (χ0n) is 19.1. The van der Waals surface area contributed by atoms with E-state index < -0.39 is 0 Å². The van der Waals surface area contributed by atoms with E-state index in [1.54, 1.807) is 37.6 Å². The molecular weight excluding hydrogens is 444 g/mol. The molecule has 0 unspecified atom stereocenters. The zero-order valence-corrected chi connectivity index (χ0v) is 19.9. The molecule has 176 valence electrons. The number of morpholine rings is 1. The molecule has 0 bridgehead atoms. The summed E-state index contributed by atoms with van der Waals surface area (Å²) in [6.07, 6.45) is 1.05. The molecule has 1 aromatic carbocycles. The maximum Gasteiger partial charge on any atom is 0.428 e. The second-order valence-electron chi connectivity index (χ2n) is 8.27. The number of rotatable bonds is 4. The quantitative estimate of drug-likeness (QED) is 0.619. The number of carbonyl (C=O) groups is 1. The summed E-state index contributed by atoms with van der Waals surface area (Å²) in [7, 11) is 5.02. The monoisotopic (exact) mass is 472 g/mol. The Balaban J connectivity index is 1.41. The van der Waals surface area contributed by atoms with Crippen LogP contribution in [0.4, 0.5) is 10.5 Å². The Labute approximate surface area is 196 Å². The summed E-state index contributed by atoms with van der Waals surface area (Å²) in [5.74, 6) is 1.53. The van der Waals surface area contributed by atoms with Crippen molar-refractivity contribution in [1.29, 1.82) is 0 Å². The summed E-state index contributed by atoms with van der Waals surface area (Å²) in [5, 5.41) is 2.54. The van der Waals surface area contributed by atoms with Gasteiger partial charge in [-0.3, -0.25) is 0 Å². The Morgan fingerprint density at radius 2 is 1.94 bits per heavy atom. The lowest BCUT2D eigenvalue weighted by Crippen LogP contribution is -2.36. The van der Waals surface area contributed by atoms with E-state index >= 15 is 0 Å². The fourth-order valence-corrected chi connectivity index (χ4v) is 5.18. The van der Waals surface area contributed by atoms with Crippen LogP contribution in [-0.4, -0.2) is 91.6 Å². The third-order valence-corrected chi connectivity index (χ3v) is 6.99. The van der Waals surface area contributed by atoms with Crippen LogP contribution >= 0.6 is 11.3 Å². The molecule has 11 heteroatoms. The first-order valence-electron chi connectivity index (χ1n) is 11.1. The van der Waals surface area contributed by atoms with Gasteiger partial charge in [-0.05, 0) is 12.1 Å². The van der Waals surface area contributed by atoms with E-state index in [-0.39, 0.29) is 6.09 Å². The number of amides is 1. The highest BCUT2D eigenvalue weighted by Gasteiger charge is 2.24. The Bertz CT molecular complexity index is 1130. The van der Waals surface area contributed by atoms with Crippen LogP contribution in [0.3, 0.4) is 0 Å². The van der Waals surface area contributed by atoms with Crippen molar-refractivity contribution in [1.82, 2.24) is 24.9 Å². The molecule has 2 aromatic heterocycles. The van der Waals surface area contributed by atoms with Crippen LogP contribution in [0, 0.1) is 0 Å². The Hall–Kier alpha value is -2.89. The number of hydrogen-bond donors (Lipinski definition) is 1. The Morgan fingerprint density at radius 1 is 1.15 bits per heavy atom. The number of hydrogen-bond acceptors (Lipinski definition) is 9. The Morgan fingerprint density at radius 3 is 2.70 bits per heavy atom. The molecule has 3 aromatic rings. The van der Waals surface area contributed by atoms with Crippen molar-refractivity contribution >= 4 is 33.3 Å². The molecule has 10 nitrogen and oxygen atoms in total. The molecule has 4 heterocycles. The van der Waals surface area contributed by atoms with Crippen LogP contribution in [0.5, 0.6) is 5.75 Å². The molecular formula is C22H28N6O4S. The number of imidazole rings is 1. The van der Waals surface area contributed by atoms with Gasteiger partial charge in [-0.25, -0.2) is 14.8 Å². The molecule has 2 aliphatic rings. The number of benzene rings is 1. The number of carbonyl (C=O) groups excluding carboxylic acids is 1. The van der Waals surface area contributed by atoms with Crippen LogP contribution in [0.15, 0.2) is 12.1 Å². The number of aromatic nitrogens is 3. The molecule has 0 spiro atoms. The maximum absolute atomic E-state index is 11.9. The summed E-state index contributed by atoms with van der Waals surface area (Å²) in [6.45, 7) is 4.39. The molecule has 2 aliphatic heterocycles. The first-order chi connectivity index (χ1) is 16.0. The topological polar surface area (TPSA) is 96.1 Å². The molecule has 0 saturated carbocycles. The number of nitrogens with one attached hydrogen (secondary N) is 1. The van der Waals surface area contributed by atoms with Gasteiger partial charge in [0.15, 0.2) is 10.8 Å². The highest BCUT2D eigenvalue weighted by atomic mass is 32.1. The van der Waals surface area contributed by atoms with Crippen LogP contribution in [0.1, 0.15) is 11.4 Å². The van der Waals surface area contributed by atoms with Crippen molar-refractivity contribution in [2.45, 2.75) is 12.8 Å². The lowest BCUT2D eigenvalue weighted by Gasteiger charge is -2.29. The SMILES string of the molecule is COc1ccc(N2CCOCC2)c2sc(-c3nc4c([nH]3)CCN(OC(=O)N(C)C)CC4)nc12. The average molecular weight is 473 g/mol.